The first-order valence-corrected chi connectivity index (χ1v) is 7.82. The molecule has 2 aromatic rings. The summed E-state index contributed by atoms with van der Waals surface area (Å²) in [7, 11) is 0. The van der Waals surface area contributed by atoms with Gasteiger partial charge >= 0.3 is 0 Å². The number of hydrazone groups is 1. The van der Waals surface area contributed by atoms with Crippen LogP contribution in [0.3, 0.4) is 0 Å². The lowest BCUT2D eigenvalue weighted by Crippen LogP contribution is -2.25. The Hall–Kier alpha value is -1.83. The molecule has 0 saturated heterocycles. The number of amides is 1. The molecule has 0 unspecified atom stereocenters. The largest absolute Gasteiger partial charge is 0.483 e. The molecular weight excluding hydrogens is 395 g/mol. The van der Waals surface area contributed by atoms with Gasteiger partial charge in [0.1, 0.15) is 11.5 Å². The maximum absolute atomic E-state index is 11.7. The fourth-order valence-corrected chi connectivity index (χ4v) is 2.32. The predicted molar refractivity (Wildman–Crippen MR) is 93.3 cm³/mol. The highest BCUT2D eigenvalue weighted by molar-refractivity contribution is 14.1. The Balaban J connectivity index is 1.88. The summed E-state index contributed by atoms with van der Waals surface area (Å²) in [6.45, 7) is 5.86. The maximum Gasteiger partial charge on any atom is 0.277 e. The second kappa shape index (κ2) is 7.44. The van der Waals surface area contributed by atoms with E-state index in [1.165, 1.54) is 6.21 Å². The van der Waals surface area contributed by atoms with E-state index >= 15 is 0 Å². The third-order valence-electron chi connectivity index (χ3n) is 3.20. The van der Waals surface area contributed by atoms with Crippen LogP contribution in [0.25, 0.3) is 0 Å². The Morgan fingerprint density at radius 1 is 1.27 bits per heavy atom. The van der Waals surface area contributed by atoms with E-state index in [1.54, 1.807) is 6.07 Å². The number of nitrogens with one attached hydrogen (secondary N) is 1. The molecule has 0 aliphatic heterocycles. The summed E-state index contributed by atoms with van der Waals surface area (Å²) < 4.78 is 11.7. The van der Waals surface area contributed by atoms with Gasteiger partial charge in [-0.3, -0.25) is 4.79 Å². The van der Waals surface area contributed by atoms with Crippen molar-refractivity contribution in [2.24, 2.45) is 5.10 Å². The Bertz CT molecular complexity index is 707. The van der Waals surface area contributed by atoms with Crippen LogP contribution in [0, 0.1) is 24.5 Å². The van der Waals surface area contributed by atoms with Gasteiger partial charge in [0.15, 0.2) is 10.4 Å². The molecule has 0 aliphatic carbocycles. The number of ether oxygens (including phenoxy) is 1. The van der Waals surface area contributed by atoms with E-state index in [1.807, 2.05) is 39.0 Å². The molecule has 1 N–H and O–H groups in total. The summed E-state index contributed by atoms with van der Waals surface area (Å²) >= 11 is 2.06. The van der Waals surface area contributed by atoms with Crippen LogP contribution >= 0.6 is 22.6 Å². The van der Waals surface area contributed by atoms with Crippen LogP contribution in [-0.2, 0) is 4.79 Å². The summed E-state index contributed by atoms with van der Waals surface area (Å²) in [5.74, 6) is 1.01. The van der Waals surface area contributed by atoms with Crippen molar-refractivity contribution in [3.8, 4) is 5.75 Å². The van der Waals surface area contributed by atoms with Gasteiger partial charge in [-0.25, -0.2) is 5.43 Å². The van der Waals surface area contributed by atoms with Crippen LogP contribution in [0.5, 0.6) is 5.75 Å². The van der Waals surface area contributed by atoms with Crippen LogP contribution in [0.1, 0.15) is 22.5 Å². The van der Waals surface area contributed by atoms with E-state index in [4.69, 9.17) is 9.15 Å². The molecule has 116 valence electrons. The number of rotatable bonds is 5. The lowest BCUT2D eigenvalue weighted by Gasteiger charge is -2.13. The highest BCUT2D eigenvalue weighted by atomic mass is 127. The van der Waals surface area contributed by atoms with E-state index in [-0.39, 0.29) is 12.5 Å². The molecule has 0 aliphatic rings. The number of benzene rings is 1. The van der Waals surface area contributed by atoms with Gasteiger partial charge in [-0.1, -0.05) is 12.1 Å². The first-order valence-electron chi connectivity index (χ1n) is 6.74. The van der Waals surface area contributed by atoms with Crippen LogP contribution < -0.4 is 10.2 Å². The minimum Gasteiger partial charge on any atom is -0.483 e. The fourth-order valence-electron chi connectivity index (χ4n) is 1.88. The van der Waals surface area contributed by atoms with Gasteiger partial charge in [0.05, 0.1) is 6.21 Å². The number of nitrogens with zero attached hydrogens (tertiary/aromatic N) is 1. The van der Waals surface area contributed by atoms with Crippen LogP contribution in [0.15, 0.2) is 33.8 Å². The number of carbonyl (C=O) groups is 1. The zero-order valence-corrected chi connectivity index (χ0v) is 14.8. The molecule has 1 aromatic carbocycles. The summed E-state index contributed by atoms with van der Waals surface area (Å²) in [5.41, 5.74) is 5.59. The Labute approximate surface area is 142 Å². The SMILES string of the molecule is Cc1ccc(C)c(OCC(=O)N/N=C\c2ccc(I)o2)c1C. The van der Waals surface area contributed by atoms with Crippen LogP contribution in [-0.4, -0.2) is 18.7 Å². The second-order valence-corrected chi connectivity index (χ2v) is 5.94. The van der Waals surface area contributed by atoms with Crippen LogP contribution in [0.2, 0.25) is 0 Å². The maximum atomic E-state index is 11.7. The number of aryl methyl sites for hydroxylation is 2. The normalized spacial score (nSPS) is 10.9. The summed E-state index contributed by atoms with van der Waals surface area (Å²) in [6.07, 6.45) is 1.45. The number of furan rings is 1. The number of carbonyl (C=O) groups excluding carboxylic acids is 1. The summed E-state index contributed by atoms with van der Waals surface area (Å²) in [6, 6.07) is 7.60. The van der Waals surface area contributed by atoms with Crippen molar-refractivity contribution in [3.63, 3.8) is 0 Å². The smallest absolute Gasteiger partial charge is 0.277 e. The molecule has 1 aromatic heterocycles. The van der Waals surface area contributed by atoms with Gasteiger partial charge in [-0.2, -0.15) is 5.10 Å². The zero-order chi connectivity index (χ0) is 16.1. The van der Waals surface area contributed by atoms with Crippen LogP contribution in [0.4, 0.5) is 0 Å². The van der Waals surface area contributed by atoms with Crippen molar-refractivity contribution in [2.75, 3.05) is 6.61 Å². The van der Waals surface area contributed by atoms with Gasteiger partial charge in [-0.15, -0.1) is 0 Å². The van der Waals surface area contributed by atoms with E-state index < -0.39 is 0 Å². The fraction of sp³-hybridized carbons (Fsp3) is 0.250. The highest BCUT2D eigenvalue weighted by Crippen LogP contribution is 2.25. The second-order valence-electron chi connectivity index (χ2n) is 4.88. The molecule has 0 fully saturated rings. The van der Waals surface area contributed by atoms with Crippen molar-refractivity contribution in [2.45, 2.75) is 20.8 Å². The minimum atomic E-state index is -0.321. The first kappa shape index (κ1) is 16.5. The molecule has 1 heterocycles. The molecule has 0 spiro atoms. The number of hydrogen-bond acceptors (Lipinski definition) is 4. The molecule has 0 bridgehead atoms. The molecule has 5 nitrogen and oxygen atoms in total. The molecule has 6 heteroatoms. The molecule has 22 heavy (non-hydrogen) atoms. The summed E-state index contributed by atoms with van der Waals surface area (Å²) in [4.78, 5) is 11.7. The number of halogens is 1. The van der Waals surface area contributed by atoms with Gasteiger partial charge in [-0.05, 0) is 72.2 Å². The van der Waals surface area contributed by atoms with Gasteiger partial charge in [0.2, 0.25) is 0 Å². The topological polar surface area (TPSA) is 63.8 Å². The molecule has 2 rings (SSSR count). The minimum absolute atomic E-state index is 0.0852. The summed E-state index contributed by atoms with van der Waals surface area (Å²) in [5, 5.41) is 3.83. The Kier molecular flexibility index (Phi) is 5.59. The average molecular weight is 412 g/mol. The van der Waals surface area contributed by atoms with Crippen molar-refractivity contribution < 1.29 is 13.9 Å². The lowest BCUT2D eigenvalue weighted by molar-refractivity contribution is -0.123. The molecular formula is C16H17IN2O3. The van der Waals surface area contributed by atoms with E-state index in [0.29, 0.717) is 5.76 Å². The van der Waals surface area contributed by atoms with E-state index in [2.05, 4.69) is 33.1 Å². The standard InChI is InChI=1S/C16H17IN2O3/c1-10-4-5-11(2)16(12(10)3)21-9-15(20)19-18-8-13-6-7-14(17)22-13/h4-8H,9H2,1-3H3,(H,19,20)/b18-8-. The van der Waals surface area contributed by atoms with Crippen molar-refractivity contribution in [1.82, 2.24) is 5.43 Å². The zero-order valence-electron chi connectivity index (χ0n) is 12.6. The van der Waals surface area contributed by atoms with Crippen molar-refractivity contribution >= 4 is 34.7 Å². The van der Waals surface area contributed by atoms with Crippen molar-refractivity contribution in [1.29, 1.82) is 0 Å². The monoisotopic (exact) mass is 412 g/mol. The van der Waals surface area contributed by atoms with Gasteiger partial charge in [0.25, 0.3) is 5.91 Å². The molecule has 0 radical (unpaired) electrons. The molecule has 0 atom stereocenters. The number of hydrogen-bond donors (Lipinski definition) is 1. The van der Waals surface area contributed by atoms with E-state index in [9.17, 15) is 4.79 Å². The average Bonchev–Trinajstić information content (AvgIpc) is 2.89. The molecule has 1 amide bonds. The first-order chi connectivity index (χ1) is 10.5. The molecule has 0 saturated carbocycles. The quantitative estimate of drug-likeness (QED) is 0.466. The Morgan fingerprint density at radius 2 is 2.00 bits per heavy atom. The highest BCUT2D eigenvalue weighted by Gasteiger charge is 2.08. The Morgan fingerprint density at radius 3 is 2.68 bits per heavy atom. The third kappa shape index (κ3) is 4.33. The predicted octanol–water partition coefficient (Wildman–Crippen LogP) is 3.34. The third-order valence-corrected chi connectivity index (χ3v) is 3.78. The van der Waals surface area contributed by atoms with Crippen molar-refractivity contribution in [3.05, 3.63) is 50.5 Å². The van der Waals surface area contributed by atoms with Gasteiger partial charge in [0, 0.05) is 0 Å². The lowest BCUT2D eigenvalue weighted by atomic mass is 10.1. The van der Waals surface area contributed by atoms with Gasteiger partial charge < -0.3 is 9.15 Å². The van der Waals surface area contributed by atoms with E-state index in [0.717, 1.165) is 26.2 Å².